The third-order valence-corrected chi connectivity index (χ3v) is 2.35. The van der Waals surface area contributed by atoms with E-state index in [4.69, 9.17) is 4.74 Å². The van der Waals surface area contributed by atoms with Crippen LogP contribution in [0.15, 0.2) is 0 Å². The van der Waals surface area contributed by atoms with Crippen molar-refractivity contribution in [2.24, 2.45) is 5.92 Å². The standard InChI is InChI=1S/C11H23NO2/c1-4-7-8-10(5-2)9-12-11(13)14-6-3/h10H,4-9H2,1-3H3,(H,12,13). The van der Waals surface area contributed by atoms with Crippen LogP contribution in [-0.4, -0.2) is 19.2 Å². The van der Waals surface area contributed by atoms with Crippen LogP contribution in [0.1, 0.15) is 46.5 Å². The molecule has 0 aliphatic carbocycles. The van der Waals surface area contributed by atoms with Crippen molar-refractivity contribution >= 4 is 6.09 Å². The lowest BCUT2D eigenvalue weighted by molar-refractivity contribution is 0.150. The van der Waals surface area contributed by atoms with Gasteiger partial charge in [0.15, 0.2) is 0 Å². The Kier molecular flexibility index (Phi) is 8.39. The van der Waals surface area contributed by atoms with E-state index in [1.807, 2.05) is 6.92 Å². The zero-order valence-electron chi connectivity index (χ0n) is 9.64. The van der Waals surface area contributed by atoms with Gasteiger partial charge in [0.25, 0.3) is 0 Å². The molecule has 0 bridgehead atoms. The van der Waals surface area contributed by atoms with Gasteiger partial charge in [-0.2, -0.15) is 0 Å². The van der Waals surface area contributed by atoms with Gasteiger partial charge < -0.3 is 10.1 Å². The van der Waals surface area contributed by atoms with E-state index in [9.17, 15) is 4.79 Å². The first-order valence-electron chi connectivity index (χ1n) is 5.65. The fourth-order valence-electron chi connectivity index (χ4n) is 1.35. The molecule has 0 saturated heterocycles. The van der Waals surface area contributed by atoms with Crippen molar-refractivity contribution in [2.45, 2.75) is 46.5 Å². The van der Waals surface area contributed by atoms with Crippen LogP contribution in [0, 0.1) is 5.92 Å². The molecule has 0 aliphatic rings. The molecule has 1 unspecified atom stereocenters. The van der Waals surface area contributed by atoms with Gasteiger partial charge in [-0.1, -0.05) is 33.1 Å². The van der Waals surface area contributed by atoms with Gasteiger partial charge in [-0.15, -0.1) is 0 Å². The molecule has 1 atom stereocenters. The summed E-state index contributed by atoms with van der Waals surface area (Å²) in [7, 11) is 0. The van der Waals surface area contributed by atoms with Gasteiger partial charge in [0.2, 0.25) is 0 Å². The Labute approximate surface area is 87.2 Å². The molecular weight excluding hydrogens is 178 g/mol. The molecule has 0 heterocycles. The van der Waals surface area contributed by atoms with Crippen LogP contribution in [0.5, 0.6) is 0 Å². The van der Waals surface area contributed by atoms with E-state index in [1.165, 1.54) is 19.3 Å². The van der Waals surface area contributed by atoms with Gasteiger partial charge in [0, 0.05) is 6.54 Å². The van der Waals surface area contributed by atoms with Crippen molar-refractivity contribution in [1.82, 2.24) is 5.32 Å². The van der Waals surface area contributed by atoms with Crippen molar-refractivity contribution < 1.29 is 9.53 Å². The second kappa shape index (κ2) is 8.85. The quantitative estimate of drug-likeness (QED) is 0.687. The first kappa shape index (κ1) is 13.3. The highest BCUT2D eigenvalue weighted by molar-refractivity contribution is 5.66. The molecule has 0 rings (SSSR count). The fraction of sp³-hybridized carbons (Fsp3) is 0.909. The minimum Gasteiger partial charge on any atom is -0.450 e. The summed E-state index contributed by atoms with van der Waals surface area (Å²) in [6, 6.07) is 0. The second-order valence-corrected chi connectivity index (χ2v) is 3.52. The summed E-state index contributed by atoms with van der Waals surface area (Å²) in [6.07, 6.45) is 4.48. The maximum atomic E-state index is 11.0. The Bertz CT molecular complexity index is 148. The first-order valence-corrected chi connectivity index (χ1v) is 5.65. The highest BCUT2D eigenvalue weighted by Gasteiger charge is 2.07. The number of carbonyl (C=O) groups excluding carboxylic acids is 1. The molecule has 0 aromatic heterocycles. The molecule has 0 fully saturated rings. The molecule has 0 aliphatic heterocycles. The predicted octanol–water partition coefficient (Wildman–Crippen LogP) is 2.95. The zero-order chi connectivity index (χ0) is 10.8. The van der Waals surface area contributed by atoms with Crippen LogP contribution >= 0.6 is 0 Å². The van der Waals surface area contributed by atoms with Crippen molar-refractivity contribution in [3.63, 3.8) is 0 Å². The van der Waals surface area contributed by atoms with E-state index < -0.39 is 0 Å². The van der Waals surface area contributed by atoms with E-state index >= 15 is 0 Å². The van der Waals surface area contributed by atoms with E-state index in [2.05, 4.69) is 19.2 Å². The SMILES string of the molecule is CCCCC(CC)CNC(=O)OCC. The Morgan fingerprint density at radius 2 is 2.07 bits per heavy atom. The monoisotopic (exact) mass is 201 g/mol. The Morgan fingerprint density at radius 3 is 2.57 bits per heavy atom. The molecule has 0 aromatic carbocycles. The molecule has 1 N–H and O–H groups in total. The zero-order valence-corrected chi connectivity index (χ0v) is 9.64. The van der Waals surface area contributed by atoms with Crippen molar-refractivity contribution in [3.05, 3.63) is 0 Å². The number of amides is 1. The Morgan fingerprint density at radius 1 is 1.36 bits per heavy atom. The fourth-order valence-corrected chi connectivity index (χ4v) is 1.35. The normalized spacial score (nSPS) is 12.2. The van der Waals surface area contributed by atoms with Crippen molar-refractivity contribution in [3.8, 4) is 0 Å². The third kappa shape index (κ3) is 6.75. The average molecular weight is 201 g/mol. The summed E-state index contributed by atoms with van der Waals surface area (Å²) in [5.41, 5.74) is 0. The molecule has 84 valence electrons. The number of nitrogens with one attached hydrogen (secondary N) is 1. The van der Waals surface area contributed by atoms with Crippen LogP contribution in [0.4, 0.5) is 4.79 Å². The van der Waals surface area contributed by atoms with Gasteiger partial charge in [-0.25, -0.2) is 4.79 Å². The largest absolute Gasteiger partial charge is 0.450 e. The van der Waals surface area contributed by atoms with E-state index in [-0.39, 0.29) is 6.09 Å². The number of unbranched alkanes of at least 4 members (excludes halogenated alkanes) is 1. The molecular formula is C11H23NO2. The number of hydrogen-bond acceptors (Lipinski definition) is 2. The summed E-state index contributed by atoms with van der Waals surface area (Å²) in [4.78, 5) is 11.0. The molecule has 3 nitrogen and oxygen atoms in total. The number of carbonyl (C=O) groups is 1. The van der Waals surface area contributed by atoms with E-state index in [0.29, 0.717) is 12.5 Å². The lowest BCUT2D eigenvalue weighted by Gasteiger charge is -2.14. The molecule has 3 heteroatoms. The lowest BCUT2D eigenvalue weighted by Crippen LogP contribution is -2.29. The Hall–Kier alpha value is -0.730. The third-order valence-electron chi connectivity index (χ3n) is 2.35. The number of hydrogen-bond donors (Lipinski definition) is 1. The van der Waals surface area contributed by atoms with Crippen molar-refractivity contribution in [1.29, 1.82) is 0 Å². The topological polar surface area (TPSA) is 38.3 Å². The molecule has 0 spiro atoms. The highest BCUT2D eigenvalue weighted by atomic mass is 16.5. The smallest absolute Gasteiger partial charge is 0.407 e. The molecule has 0 saturated carbocycles. The van der Waals surface area contributed by atoms with E-state index in [0.717, 1.165) is 13.0 Å². The maximum Gasteiger partial charge on any atom is 0.407 e. The van der Waals surface area contributed by atoms with Crippen LogP contribution in [0.25, 0.3) is 0 Å². The molecule has 14 heavy (non-hydrogen) atoms. The summed E-state index contributed by atoms with van der Waals surface area (Å²) in [5.74, 6) is 0.597. The summed E-state index contributed by atoms with van der Waals surface area (Å²) in [5, 5.41) is 2.78. The minimum absolute atomic E-state index is 0.289. The molecule has 0 aromatic rings. The van der Waals surface area contributed by atoms with Gasteiger partial charge >= 0.3 is 6.09 Å². The molecule has 0 radical (unpaired) electrons. The summed E-state index contributed by atoms with van der Waals surface area (Å²) < 4.78 is 4.79. The van der Waals surface area contributed by atoms with Crippen LogP contribution in [0.3, 0.4) is 0 Å². The second-order valence-electron chi connectivity index (χ2n) is 3.52. The summed E-state index contributed by atoms with van der Waals surface area (Å²) >= 11 is 0. The number of alkyl carbamates (subject to hydrolysis) is 1. The van der Waals surface area contributed by atoms with Gasteiger partial charge in [0.05, 0.1) is 6.61 Å². The number of rotatable bonds is 7. The Balaban J connectivity index is 3.55. The van der Waals surface area contributed by atoms with Crippen LogP contribution < -0.4 is 5.32 Å². The van der Waals surface area contributed by atoms with Gasteiger partial charge in [-0.3, -0.25) is 0 Å². The summed E-state index contributed by atoms with van der Waals surface area (Å²) in [6.45, 7) is 7.35. The lowest BCUT2D eigenvalue weighted by atomic mass is 10.00. The molecule has 1 amide bonds. The minimum atomic E-state index is -0.289. The van der Waals surface area contributed by atoms with Gasteiger partial charge in [0.1, 0.15) is 0 Å². The van der Waals surface area contributed by atoms with Crippen LogP contribution in [-0.2, 0) is 4.74 Å². The van der Waals surface area contributed by atoms with Crippen molar-refractivity contribution in [2.75, 3.05) is 13.2 Å². The first-order chi connectivity index (χ1) is 6.74. The number of ether oxygens (including phenoxy) is 1. The highest BCUT2D eigenvalue weighted by Crippen LogP contribution is 2.10. The van der Waals surface area contributed by atoms with E-state index in [1.54, 1.807) is 0 Å². The van der Waals surface area contributed by atoms with Crippen LogP contribution in [0.2, 0.25) is 0 Å². The predicted molar refractivity (Wildman–Crippen MR) is 58.3 cm³/mol. The average Bonchev–Trinajstić information content (AvgIpc) is 2.19. The van der Waals surface area contributed by atoms with Gasteiger partial charge in [-0.05, 0) is 19.3 Å². The maximum absolute atomic E-state index is 11.0.